The van der Waals surface area contributed by atoms with Crippen molar-refractivity contribution >= 4 is 30.7 Å². The molecule has 1 N–H and O–H groups in total. The normalized spacial score (nSPS) is 25.4. The van der Waals surface area contributed by atoms with Crippen molar-refractivity contribution in [3.63, 3.8) is 0 Å². The SMILES string of the molecule is CC(C)CN1CCN(C(=O)C2CC(F)(F)CN2)CC1.Cl.Cl. The number of rotatable bonds is 3. The molecule has 126 valence electrons. The number of piperazine rings is 1. The monoisotopic (exact) mass is 347 g/mol. The van der Waals surface area contributed by atoms with E-state index in [9.17, 15) is 13.6 Å². The number of hydrogen-bond acceptors (Lipinski definition) is 3. The lowest BCUT2D eigenvalue weighted by Crippen LogP contribution is -2.53. The number of carbonyl (C=O) groups is 1. The minimum atomic E-state index is -2.74. The van der Waals surface area contributed by atoms with Crippen LogP contribution < -0.4 is 5.32 Å². The average molecular weight is 348 g/mol. The molecular weight excluding hydrogens is 323 g/mol. The van der Waals surface area contributed by atoms with Crippen LogP contribution in [0.15, 0.2) is 0 Å². The Morgan fingerprint density at radius 2 is 1.81 bits per heavy atom. The molecule has 0 radical (unpaired) electrons. The zero-order valence-corrected chi connectivity index (χ0v) is 14.1. The van der Waals surface area contributed by atoms with Crippen LogP contribution in [-0.4, -0.2) is 66.9 Å². The summed E-state index contributed by atoms with van der Waals surface area (Å²) in [4.78, 5) is 16.2. The van der Waals surface area contributed by atoms with E-state index < -0.39 is 12.0 Å². The van der Waals surface area contributed by atoms with Crippen LogP contribution in [0.2, 0.25) is 0 Å². The fourth-order valence-electron chi connectivity index (χ4n) is 2.78. The van der Waals surface area contributed by atoms with Crippen molar-refractivity contribution in [3.8, 4) is 0 Å². The third-order valence-electron chi connectivity index (χ3n) is 3.72. The van der Waals surface area contributed by atoms with E-state index in [2.05, 4.69) is 24.1 Å². The van der Waals surface area contributed by atoms with E-state index in [1.165, 1.54) is 0 Å². The predicted molar refractivity (Wildman–Crippen MR) is 83.7 cm³/mol. The van der Waals surface area contributed by atoms with Gasteiger partial charge in [0.1, 0.15) is 0 Å². The lowest BCUT2D eigenvalue weighted by atomic mass is 10.1. The molecule has 1 unspecified atom stereocenters. The summed E-state index contributed by atoms with van der Waals surface area (Å²) in [6, 6.07) is -0.702. The third kappa shape index (κ3) is 5.85. The smallest absolute Gasteiger partial charge is 0.262 e. The molecule has 0 aromatic carbocycles. The number of alkyl halides is 2. The lowest BCUT2D eigenvalue weighted by Gasteiger charge is -2.36. The number of carbonyl (C=O) groups excluding carboxylic acids is 1. The van der Waals surface area contributed by atoms with Gasteiger partial charge < -0.3 is 4.90 Å². The first-order valence-corrected chi connectivity index (χ1v) is 7.00. The third-order valence-corrected chi connectivity index (χ3v) is 3.72. The maximum atomic E-state index is 13.1. The lowest BCUT2D eigenvalue weighted by molar-refractivity contribution is -0.135. The van der Waals surface area contributed by atoms with E-state index >= 15 is 0 Å². The highest BCUT2D eigenvalue weighted by molar-refractivity contribution is 5.85. The molecule has 1 amide bonds. The summed E-state index contributed by atoms with van der Waals surface area (Å²) in [5.74, 6) is -2.29. The highest BCUT2D eigenvalue weighted by Gasteiger charge is 2.43. The molecule has 0 aromatic heterocycles. The molecular formula is C13H25Cl2F2N3O. The largest absolute Gasteiger partial charge is 0.339 e. The number of hydrogen-bond donors (Lipinski definition) is 1. The van der Waals surface area contributed by atoms with Crippen LogP contribution in [0.4, 0.5) is 8.78 Å². The molecule has 2 fully saturated rings. The van der Waals surface area contributed by atoms with Gasteiger partial charge in [0.05, 0.1) is 12.6 Å². The molecule has 21 heavy (non-hydrogen) atoms. The molecule has 0 spiro atoms. The Labute approximate surface area is 137 Å². The molecule has 1 atom stereocenters. The van der Waals surface area contributed by atoms with Gasteiger partial charge in [-0.15, -0.1) is 24.8 Å². The summed E-state index contributed by atoms with van der Waals surface area (Å²) in [7, 11) is 0. The van der Waals surface area contributed by atoms with Crippen molar-refractivity contribution in [2.24, 2.45) is 5.92 Å². The molecule has 0 bridgehead atoms. The van der Waals surface area contributed by atoms with Crippen molar-refractivity contribution < 1.29 is 13.6 Å². The summed E-state index contributed by atoms with van der Waals surface area (Å²) in [6.07, 6.45) is -0.363. The zero-order valence-electron chi connectivity index (χ0n) is 12.5. The van der Waals surface area contributed by atoms with Crippen molar-refractivity contribution in [2.75, 3.05) is 39.3 Å². The maximum absolute atomic E-state index is 13.1. The minimum absolute atomic E-state index is 0. The van der Waals surface area contributed by atoms with Gasteiger partial charge in [-0.25, -0.2) is 8.78 Å². The van der Waals surface area contributed by atoms with E-state index in [1.807, 2.05) is 0 Å². The van der Waals surface area contributed by atoms with Crippen LogP contribution >= 0.6 is 24.8 Å². The average Bonchev–Trinajstić information content (AvgIpc) is 2.69. The van der Waals surface area contributed by atoms with Crippen molar-refractivity contribution in [3.05, 3.63) is 0 Å². The van der Waals surface area contributed by atoms with Crippen LogP contribution in [0.5, 0.6) is 0 Å². The second-order valence-corrected chi connectivity index (χ2v) is 6.01. The van der Waals surface area contributed by atoms with Gasteiger partial charge in [-0.3, -0.25) is 15.0 Å². The van der Waals surface area contributed by atoms with E-state index in [0.29, 0.717) is 19.0 Å². The fourth-order valence-corrected chi connectivity index (χ4v) is 2.78. The van der Waals surface area contributed by atoms with Gasteiger partial charge in [0.15, 0.2) is 0 Å². The quantitative estimate of drug-likeness (QED) is 0.842. The molecule has 0 aliphatic carbocycles. The van der Waals surface area contributed by atoms with Crippen molar-refractivity contribution in [2.45, 2.75) is 32.2 Å². The Hall–Kier alpha value is -0.170. The minimum Gasteiger partial charge on any atom is -0.339 e. The topological polar surface area (TPSA) is 35.6 Å². The summed E-state index contributed by atoms with van der Waals surface area (Å²) in [5, 5.41) is 2.63. The number of nitrogens with one attached hydrogen (secondary N) is 1. The van der Waals surface area contributed by atoms with Crippen LogP contribution in [0, 0.1) is 5.92 Å². The van der Waals surface area contributed by atoms with E-state index in [-0.39, 0.29) is 43.7 Å². The van der Waals surface area contributed by atoms with Crippen LogP contribution in [0.3, 0.4) is 0 Å². The predicted octanol–water partition coefficient (Wildman–Crippen LogP) is 1.63. The van der Waals surface area contributed by atoms with Gasteiger partial charge in [-0.2, -0.15) is 0 Å². The first kappa shape index (κ1) is 20.8. The molecule has 8 heteroatoms. The molecule has 2 aliphatic rings. The Balaban J connectivity index is 0.00000200. The molecule has 2 rings (SSSR count). The number of halogens is 4. The van der Waals surface area contributed by atoms with E-state index in [4.69, 9.17) is 0 Å². The van der Waals surface area contributed by atoms with Gasteiger partial charge in [0.25, 0.3) is 5.92 Å². The molecule has 0 aromatic rings. The summed E-state index contributed by atoms with van der Waals surface area (Å²) in [6.45, 7) is 7.97. The van der Waals surface area contributed by atoms with Crippen LogP contribution in [0.1, 0.15) is 20.3 Å². The van der Waals surface area contributed by atoms with Gasteiger partial charge >= 0.3 is 0 Å². The first-order chi connectivity index (χ1) is 8.87. The van der Waals surface area contributed by atoms with Crippen molar-refractivity contribution in [1.29, 1.82) is 0 Å². The summed E-state index contributed by atoms with van der Waals surface area (Å²) >= 11 is 0. The standard InChI is InChI=1S/C13H23F2N3O.2ClH/c1-10(2)8-17-3-5-18(6-4-17)12(19)11-7-13(14,15)9-16-11;;/h10-11,16H,3-9H2,1-2H3;2*1H. The second-order valence-electron chi connectivity index (χ2n) is 6.01. The van der Waals surface area contributed by atoms with Gasteiger partial charge in [0.2, 0.25) is 5.91 Å². The first-order valence-electron chi connectivity index (χ1n) is 7.00. The van der Waals surface area contributed by atoms with Gasteiger partial charge in [-0.05, 0) is 5.92 Å². The molecule has 2 saturated heterocycles. The number of amides is 1. The Morgan fingerprint density at radius 3 is 2.24 bits per heavy atom. The van der Waals surface area contributed by atoms with Gasteiger partial charge in [-0.1, -0.05) is 13.8 Å². The Morgan fingerprint density at radius 1 is 1.24 bits per heavy atom. The maximum Gasteiger partial charge on any atom is 0.262 e. The highest BCUT2D eigenvalue weighted by atomic mass is 35.5. The van der Waals surface area contributed by atoms with Crippen LogP contribution in [-0.2, 0) is 4.79 Å². The highest BCUT2D eigenvalue weighted by Crippen LogP contribution is 2.26. The summed E-state index contributed by atoms with van der Waals surface area (Å²) in [5.41, 5.74) is 0. The second kappa shape index (κ2) is 8.46. The van der Waals surface area contributed by atoms with Crippen molar-refractivity contribution in [1.82, 2.24) is 15.1 Å². The fraction of sp³-hybridized carbons (Fsp3) is 0.923. The van der Waals surface area contributed by atoms with Crippen LogP contribution in [0.25, 0.3) is 0 Å². The summed E-state index contributed by atoms with van der Waals surface area (Å²) < 4.78 is 26.2. The van der Waals surface area contributed by atoms with Gasteiger partial charge in [0, 0.05) is 39.1 Å². The zero-order chi connectivity index (χ0) is 14.0. The number of nitrogens with zero attached hydrogens (tertiary/aromatic N) is 2. The molecule has 0 saturated carbocycles. The Kier molecular flexibility index (Phi) is 8.39. The Bertz CT molecular complexity index is 337. The molecule has 4 nitrogen and oxygen atoms in total. The molecule has 2 aliphatic heterocycles. The van der Waals surface area contributed by atoms with E-state index in [0.717, 1.165) is 19.6 Å². The molecule has 2 heterocycles. The van der Waals surface area contributed by atoms with E-state index in [1.54, 1.807) is 4.90 Å².